The monoisotopic (exact) mass is 598 g/mol. The van der Waals surface area contributed by atoms with Gasteiger partial charge in [-0.05, 0) is 0 Å². The van der Waals surface area contributed by atoms with E-state index in [2.05, 4.69) is 0 Å². The number of hydrogen-bond acceptors (Lipinski definition) is 8. The van der Waals surface area contributed by atoms with Gasteiger partial charge >= 0.3 is 199 Å². The number of hydrogen-bond donors (Lipinski definition) is 4. The summed E-state index contributed by atoms with van der Waals surface area (Å²) in [6, 6.07) is 12.4. The van der Waals surface area contributed by atoms with E-state index in [1.54, 1.807) is 0 Å². The standard InChI is InChI=1S/C16H24O12P2S4/c17-31(18,19)29(32(20,21)22,15-9-3-1-4-10-15)13-7-8-14-30(33(23,24)25,34(26,27)28)16-11-5-2-6-12-16/h1-6,9-12,29-30H,7-8,13-14H2,(H,17,18,19)(H,20,21,22)(H,23,24,25)(H,26,27,28). The summed E-state index contributed by atoms with van der Waals surface area (Å²) in [5.41, 5.74) is -10.4. The zero-order valence-electron chi connectivity index (χ0n) is 17.3. The molecule has 0 aromatic heterocycles. The summed E-state index contributed by atoms with van der Waals surface area (Å²) in [6.07, 6.45) is -2.70. The van der Waals surface area contributed by atoms with Gasteiger partial charge < -0.3 is 0 Å². The molecule has 194 valence electrons. The van der Waals surface area contributed by atoms with Gasteiger partial charge in [-0.2, -0.15) is 0 Å². The molecule has 0 atom stereocenters. The van der Waals surface area contributed by atoms with E-state index >= 15 is 0 Å². The van der Waals surface area contributed by atoms with Gasteiger partial charge in [0.1, 0.15) is 0 Å². The maximum absolute atomic E-state index is 12.2. The molecule has 0 aliphatic carbocycles. The summed E-state index contributed by atoms with van der Waals surface area (Å²) >= 11 is 0. The average molecular weight is 599 g/mol. The quantitative estimate of drug-likeness (QED) is 0.163. The van der Waals surface area contributed by atoms with Gasteiger partial charge in [-0.1, -0.05) is 0 Å². The Morgan fingerprint density at radius 2 is 0.706 bits per heavy atom. The van der Waals surface area contributed by atoms with Crippen LogP contribution in [0.4, 0.5) is 0 Å². The molecule has 0 fully saturated rings. The summed E-state index contributed by atoms with van der Waals surface area (Å²) < 4.78 is 137. The van der Waals surface area contributed by atoms with Crippen molar-refractivity contribution in [3.8, 4) is 0 Å². The van der Waals surface area contributed by atoms with E-state index in [1.807, 2.05) is 0 Å². The normalized spacial score (nSPS) is 15.1. The molecule has 0 aliphatic rings. The van der Waals surface area contributed by atoms with Crippen molar-refractivity contribution < 1.29 is 51.9 Å². The Morgan fingerprint density at radius 3 is 0.912 bits per heavy atom. The summed E-state index contributed by atoms with van der Waals surface area (Å²) in [5, 5.41) is -0.729. The van der Waals surface area contributed by atoms with Crippen molar-refractivity contribution in [3.05, 3.63) is 60.7 Å². The molecule has 2 aromatic rings. The third-order valence-corrected chi connectivity index (χ3v) is 36.0. The first-order valence-electron chi connectivity index (χ1n) is 9.41. The Kier molecular flexibility index (Phi) is 8.69. The fourth-order valence-electron chi connectivity index (χ4n) is 3.77. The van der Waals surface area contributed by atoms with Gasteiger partial charge in [-0.3, -0.25) is 0 Å². The van der Waals surface area contributed by atoms with E-state index in [1.165, 1.54) is 36.4 Å². The average Bonchev–Trinajstić information content (AvgIpc) is 2.68. The zero-order valence-corrected chi connectivity index (χ0v) is 22.6. The molecule has 18 heteroatoms. The van der Waals surface area contributed by atoms with Crippen molar-refractivity contribution in [1.82, 2.24) is 0 Å². The van der Waals surface area contributed by atoms with E-state index in [4.69, 9.17) is 0 Å². The van der Waals surface area contributed by atoms with Crippen LogP contribution in [0.2, 0.25) is 0 Å². The second-order valence-electron chi connectivity index (χ2n) is 7.35. The van der Waals surface area contributed by atoms with E-state index in [-0.39, 0.29) is 10.6 Å². The Labute approximate surface area is 198 Å². The van der Waals surface area contributed by atoms with Gasteiger partial charge in [-0.25, -0.2) is 0 Å². The fraction of sp³-hybridized carbons (Fsp3) is 0.250. The summed E-state index contributed by atoms with van der Waals surface area (Å²) in [5.74, 6) is 0. The van der Waals surface area contributed by atoms with Crippen LogP contribution in [-0.2, 0) is 39.0 Å². The molecule has 0 saturated heterocycles. The molecule has 0 radical (unpaired) electrons. The molecule has 0 spiro atoms. The Balaban J connectivity index is 2.53. The van der Waals surface area contributed by atoms with Gasteiger partial charge in [0.05, 0.1) is 0 Å². The van der Waals surface area contributed by atoms with Crippen LogP contribution in [0.3, 0.4) is 0 Å². The fourth-order valence-corrected chi connectivity index (χ4v) is 26.4. The third kappa shape index (κ3) is 5.36. The first-order chi connectivity index (χ1) is 15.4. The molecule has 0 aliphatic heterocycles. The van der Waals surface area contributed by atoms with Crippen LogP contribution in [0, 0.1) is 0 Å². The van der Waals surface area contributed by atoms with Crippen molar-refractivity contribution in [2.24, 2.45) is 0 Å². The van der Waals surface area contributed by atoms with Crippen LogP contribution < -0.4 is 10.6 Å². The van der Waals surface area contributed by atoms with Crippen molar-refractivity contribution >= 4 is 60.9 Å². The molecule has 0 bridgehead atoms. The van der Waals surface area contributed by atoms with Gasteiger partial charge in [-0.15, -0.1) is 0 Å². The molecule has 0 unspecified atom stereocenters. The molecule has 2 rings (SSSR count). The second-order valence-corrected chi connectivity index (χ2v) is 32.4. The van der Waals surface area contributed by atoms with Gasteiger partial charge in [0.25, 0.3) is 0 Å². The Bertz CT molecular complexity index is 1260. The predicted octanol–water partition coefficient (Wildman–Crippen LogP) is 1.13. The number of benzene rings is 2. The minimum atomic E-state index is -5.39. The topological polar surface area (TPSA) is 217 Å². The number of rotatable bonds is 11. The van der Waals surface area contributed by atoms with Crippen LogP contribution in [0.15, 0.2) is 60.7 Å². The van der Waals surface area contributed by atoms with Crippen LogP contribution in [0.1, 0.15) is 12.8 Å². The van der Waals surface area contributed by atoms with Gasteiger partial charge in [0.15, 0.2) is 0 Å². The van der Waals surface area contributed by atoms with E-state index in [0.29, 0.717) is 0 Å². The Morgan fingerprint density at radius 1 is 0.471 bits per heavy atom. The predicted molar refractivity (Wildman–Crippen MR) is 134 cm³/mol. The molecule has 34 heavy (non-hydrogen) atoms. The Hall–Kier alpha value is -1.06. The summed E-state index contributed by atoms with van der Waals surface area (Å²) in [7, 11) is -21.5. The SMILES string of the molecule is O=S(=O)(O)[PH](CCCC[PH](c1ccccc1)(S(=O)(=O)O)S(=O)(=O)O)(c1ccccc1)S(=O)(=O)O. The molecule has 4 N–H and O–H groups in total. The molecule has 0 amide bonds. The van der Waals surface area contributed by atoms with Crippen LogP contribution in [0.5, 0.6) is 0 Å². The molecule has 0 heterocycles. The van der Waals surface area contributed by atoms with Crippen LogP contribution in [0.25, 0.3) is 0 Å². The van der Waals surface area contributed by atoms with Crippen molar-refractivity contribution in [2.75, 3.05) is 12.3 Å². The zero-order chi connectivity index (χ0) is 26.1. The number of unbranched alkanes of at least 4 members (excludes halogenated alkanes) is 1. The van der Waals surface area contributed by atoms with Crippen molar-refractivity contribution in [1.29, 1.82) is 0 Å². The molecular weight excluding hydrogens is 574 g/mol. The molecular formula is C16H24O12P2S4. The molecule has 2 aromatic carbocycles. The minimum absolute atomic E-state index is 0.365. The first kappa shape index (κ1) is 29.2. The first-order valence-corrected chi connectivity index (χ1v) is 22.5. The maximum atomic E-state index is 12.2. The third-order valence-electron chi connectivity index (χ3n) is 5.36. The van der Waals surface area contributed by atoms with Crippen LogP contribution >= 0.6 is 11.3 Å². The van der Waals surface area contributed by atoms with E-state index in [0.717, 1.165) is 24.3 Å². The molecule has 12 nitrogen and oxygen atoms in total. The van der Waals surface area contributed by atoms with Gasteiger partial charge in [0, 0.05) is 0 Å². The summed E-state index contributed by atoms with van der Waals surface area (Å²) in [4.78, 5) is 0. The van der Waals surface area contributed by atoms with Crippen molar-refractivity contribution in [2.45, 2.75) is 12.8 Å². The van der Waals surface area contributed by atoms with E-state index < -0.39 is 75.4 Å². The molecule has 0 saturated carbocycles. The summed E-state index contributed by atoms with van der Waals surface area (Å²) in [6.45, 7) is 0. The van der Waals surface area contributed by atoms with Gasteiger partial charge in [0.2, 0.25) is 0 Å². The van der Waals surface area contributed by atoms with Crippen LogP contribution in [-0.4, -0.2) is 64.2 Å². The second kappa shape index (κ2) is 10.1. The van der Waals surface area contributed by atoms with Crippen molar-refractivity contribution in [3.63, 3.8) is 0 Å². The van der Waals surface area contributed by atoms with E-state index in [9.17, 15) is 51.9 Å².